The van der Waals surface area contributed by atoms with Crippen LogP contribution in [0, 0.1) is 0 Å². The Labute approximate surface area is 147 Å². The van der Waals surface area contributed by atoms with E-state index in [4.69, 9.17) is 0 Å². The molecule has 0 radical (unpaired) electrons. The van der Waals surface area contributed by atoms with E-state index in [0.717, 1.165) is 16.2 Å². The van der Waals surface area contributed by atoms with Crippen LogP contribution in [0.25, 0.3) is 0 Å². The van der Waals surface area contributed by atoms with E-state index in [1.807, 2.05) is 17.1 Å². The average molecular weight is 355 g/mol. The SMILES string of the molecule is Oc1ccc(/C=N\C2=NN3C(=CSC3c3ccc(O)cc3)S2)cc1. The second kappa shape index (κ2) is 6.26. The Morgan fingerprint density at radius 1 is 1.00 bits per heavy atom. The number of hydrazone groups is 1. The fourth-order valence-corrected chi connectivity index (χ4v) is 4.36. The number of benzene rings is 2. The molecule has 0 spiro atoms. The molecule has 0 bridgehead atoms. The number of hydrogen-bond donors (Lipinski definition) is 2. The Kier molecular flexibility index (Phi) is 3.95. The highest BCUT2D eigenvalue weighted by atomic mass is 32.2. The molecule has 2 aliphatic heterocycles. The summed E-state index contributed by atoms with van der Waals surface area (Å²) in [6.45, 7) is 0. The van der Waals surface area contributed by atoms with E-state index in [0.29, 0.717) is 5.17 Å². The third kappa shape index (κ3) is 3.00. The molecule has 7 heteroatoms. The molecule has 0 aromatic heterocycles. The maximum atomic E-state index is 9.42. The molecule has 0 saturated heterocycles. The summed E-state index contributed by atoms with van der Waals surface area (Å²) in [7, 11) is 0. The molecule has 2 aromatic rings. The molecule has 2 aromatic carbocycles. The molecule has 0 fully saturated rings. The highest BCUT2D eigenvalue weighted by Gasteiger charge is 2.34. The molecule has 0 aliphatic carbocycles. The third-order valence-electron chi connectivity index (χ3n) is 3.53. The first-order valence-corrected chi connectivity index (χ1v) is 8.98. The van der Waals surface area contributed by atoms with Crippen LogP contribution in [0.2, 0.25) is 0 Å². The number of phenolic OH excluding ortho intramolecular Hbond substituents is 2. The van der Waals surface area contributed by atoms with E-state index in [9.17, 15) is 10.2 Å². The number of nitrogens with zero attached hydrogens (tertiary/aromatic N) is 3. The van der Waals surface area contributed by atoms with Crippen molar-refractivity contribution in [2.45, 2.75) is 5.37 Å². The van der Waals surface area contributed by atoms with Gasteiger partial charge in [0.05, 0.1) is 0 Å². The highest BCUT2D eigenvalue weighted by molar-refractivity contribution is 8.18. The van der Waals surface area contributed by atoms with Gasteiger partial charge in [-0.15, -0.1) is 5.10 Å². The maximum absolute atomic E-state index is 9.42. The quantitative estimate of drug-likeness (QED) is 0.795. The number of aliphatic imine (C=N–C) groups is 1. The fourth-order valence-electron chi connectivity index (χ4n) is 2.33. The Morgan fingerprint density at radius 2 is 1.67 bits per heavy atom. The van der Waals surface area contributed by atoms with Crippen LogP contribution < -0.4 is 0 Å². The number of aromatic hydroxyl groups is 2. The van der Waals surface area contributed by atoms with Gasteiger partial charge in [-0.2, -0.15) is 0 Å². The van der Waals surface area contributed by atoms with Crippen LogP contribution in [0.15, 0.2) is 69.1 Å². The van der Waals surface area contributed by atoms with Gasteiger partial charge in [-0.3, -0.25) is 0 Å². The van der Waals surface area contributed by atoms with Crippen LogP contribution in [0.1, 0.15) is 16.5 Å². The van der Waals surface area contributed by atoms with Crippen LogP contribution >= 0.6 is 23.5 Å². The maximum Gasteiger partial charge on any atom is 0.213 e. The van der Waals surface area contributed by atoms with Gasteiger partial charge in [-0.25, -0.2) is 10.0 Å². The summed E-state index contributed by atoms with van der Waals surface area (Å²) < 4.78 is 0. The fraction of sp³-hybridized carbons (Fsp3) is 0.0588. The summed E-state index contributed by atoms with van der Waals surface area (Å²) in [6.07, 6.45) is 1.73. The number of amidine groups is 1. The predicted octanol–water partition coefficient (Wildman–Crippen LogP) is 4.08. The van der Waals surface area contributed by atoms with Crippen molar-refractivity contribution in [2.24, 2.45) is 10.1 Å². The van der Waals surface area contributed by atoms with Gasteiger partial charge in [-0.05, 0) is 59.3 Å². The van der Waals surface area contributed by atoms with E-state index in [1.54, 1.807) is 54.4 Å². The smallest absolute Gasteiger partial charge is 0.213 e. The Hall–Kier alpha value is -2.38. The molecule has 2 aliphatic rings. The molecular weight excluding hydrogens is 342 g/mol. The van der Waals surface area contributed by atoms with Crippen LogP contribution in [-0.2, 0) is 0 Å². The van der Waals surface area contributed by atoms with E-state index in [1.165, 1.54) is 11.8 Å². The normalized spacial score (nSPS) is 19.5. The molecule has 2 N–H and O–H groups in total. The molecule has 24 heavy (non-hydrogen) atoms. The first-order chi connectivity index (χ1) is 11.7. The van der Waals surface area contributed by atoms with Crippen LogP contribution in [0.4, 0.5) is 0 Å². The molecule has 120 valence electrons. The number of thioether (sulfide) groups is 2. The second-order valence-corrected chi connectivity index (χ2v) is 7.16. The van der Waals surface area contributed by atoms with Crippen molar-refractivity contribution in [2.75, 3.05) is 0 Å². The monoisotopic (exact) mass is 355 g/mol. The van der Waals surface area contributed by atoms with E-state index < -0.39 is 0 Å². The Morgan fingerprint density at radius 3 is 2.38 bits per heavy atom. The summed E-state index contributed by atoms with van der Waals surface area (Å²) in [5.41, 5.74) is 1.98. The molecule has 0 amide bonds. The van der Waals surface area contributed by atoms with Crippen molar-refractivity contribution in [1.29, 1.82) is 0 Å². The minimum Gasteiger partial charge on any atom is -0.508 e. The summed E-state index contributed by atoms with van der Waals surface area (Å²) in [6, 6.07) is 14.0. The Balaban J connectivity index is 1.51. The van der Waals surface area contributed by atoms with Crippen molar-refractivity contribution in [3.63, 3.8) is 0 Å². The molecule has 2 heterocycles. The molecule has 1 unspecified atom stereocenters. The molecular formula is C17H13N3O2S2. The lowest BCUT2D eigenvalue weighted by atomic mass is 10.2. The van der Waals surface area contributed by atoms with E-state index in [2.05, 4.69) is 15.5 Å². The van der Waals surface area contributed by atoms with Crippen LogP contribution in [-0.4, -0.2) is 26.6 Å². The van der Waals surface area contributed by atoms with Crippen molar-refractivity contribution in [3.8, 4) is 11.5 Å². The molecule has 4 rings (SSSR count). The van der Waals surface area contributed by atoms with Crippen molar-refractivity contribution in [1.82, 2.24) is 5.01 Å². The van der Waals surface area contributed by atoms with Crippen LogP contribution in [0.5, 0.6) is 11.5 Å². The molecule has 1 atom stereocenters. The number of rotatable bonds is 2. The van der Waals surface area contributed by atoms with Gasteiger partial charge in [0, 0.05) is 11.6 Å². The third-order valence-corrected chi connectivity index (χ3v) is 5.65. The lowest BCUT2D eigenvalue weighted by molar-refractivity contribution is 0.386. The van der Waals surface area contributed by atoms with Gasteiger partial charge >= 0.3 is 0 Å². The molecule has 0 saturated carbocycles. The minimum atomic E-state index is 0.0643. The van der Waals surface area contributed by atoms with Gasteiger partial charge < -0.3 is 10.2 Å². The largest absolute Gasteiger partial charge is 0.508 e. The van der Waals surface area contributed by atoms with E-state index >= 15 is 0 Å². The van der Waals surface area contributed by atoms with Gasteiger partial charge in [0.25, 0.3) is 0 Å². The lowest BCUT2D eigenvalue weighted by Crippen LogP contribution is -2.12. The second-order valence-electron chi connectivity index (χ2n) is 5.22. The standard InChI is InChI=1S/C17H13N3O2S2/c21-13-5-1-11(2-6-13)9-18-17-19-20-15(24-17)10-23-16(20)12-3-7-14(22)8-4-12/h1-10,16,21-22H/b18-9-. The number of fused-ring (bicyclic) bond motifs is 1. The summed E-state index contributed by atoms with van der Waals surface area (Å²) in [5.74, 6) is 0.493. The van der Waals surface area contributed by atoms with Gasteiger partial charge in [0.1, 0.15) is 21.9 Å². The van der Waals surface area contributed by atoms with Gasteiger partial charge in [0.2, 0.25) is 5.17 Å². The zero-order chi connectivity index (χ0) is 16.5. The zero-order valence-electron chi connectivity index (χ0n) is 12.4. The van der Waals surface area contributed by atoms with Crippen molar-refractivity contribution < 1.29 is 10.2 Å². The Bertz CT molecular complexity index is 845. The topological polar surface area (TPSA) is 68.4 Å². The first-order valence-electron chi connectivity index (χ1n) is 7.22. The van der Waals surface area contributed by atoms with Crippen molar-refractivity contribution >= 4 is 34.9 Å². The number of phenols is 2. The highest BCUT2D eigenvalue weighted by Crippen LogP contribution is 2.50. The predicted molar refractivity (Wildman–Crippen MR) is 99.1 cm³/mol. The van der Waals surface area contributed by atoms with Gasteiger partial charge in [-0.1, -0.05) is 23.9 Å². The van der Waals surface area contributed by atoms with Gasteiger partial charge in [0.15, 0.2) is 0 Å². The summed E-state index contributed by atoms with van der Waals surface area (Å²) in [5, 5.41) is 29.1. The summed E-state index contributed by atoms with van der Waals surface area (Å²) >= 11 is 3.21. The average Bonchev–Trinajstić information content (AvgIpc) is 3.15. The lowest BCUT2D eigenvalue weighted by Gasteiger charge is -2.19. The van der Waals surface area contributed by atoms with E-state index in [-0.39, 0.29) is 16.9 Å². The van der Waals surface area contributed by atoms with Crippen molar-refractivity contribution in [3.05, 3.63) is 70.1 Å². The molecule has 5 nitrogen and oxygen atoms in total. The zero-order valence-corrected chi connectivity index (χ0v) is 14.0. The van der Waals surface area contributed by atoms with Crippen LogP contribution in [0.3, 0.4) is 0 Å². The minimum absolute atomic E-state index is 0.0643. The first kappa shape index (κ1) is 15.2. The number of hydrogen-bond acceptors (Lipinski definition) is 7. The summed E-state index contributed by atoms with van der Waals surface area (Å²) in [4.78, 5) is 4.42.